The van der Waals surface area contributed by atoms with E-state index in [1.54, 1.807) is 6.26 Å². The first-order valence-corrected chi connectivity index (χ1v) is 10.3. The molecule has 1 aliphatic carbocycles. The first-order chi connectivity index (χ1) is 13.6. The number of furan rings is 1. The van der Waals surface area contributed by atoms with E-state index in [1.807, 2.05) is 0 Å². The molecule has 2 aromatic heterocycles. The largest absolute Gasteiger partial charge is 0.464 e. The highest BCUT2D eigenvalue weighted by Gasteiger charge is 2.33. The maximum absolute atomic E-state index is 6.62. The van der Waals surface area contributed by atoms with Crippen molar-refractivity contribution in [3.63, 3.8) is 0 Å². The van der Waals surface area contributed by atoms with E-state index in [4.69, 9.17) is 9.15 Å². The molecule has 0 radical (unpaired) electrons. The lowest BCUT2D eigenvalue weighted by atomic mass is 9.89. The normalized spacial score (nSPS) is 16.0. The number of ether oxygens (including phenoxy) is 1. The van der Waals surface area contributed by atoms with Crippen LogP contribution in [0.3, 0.4) is 0 Å². The third-order valence-corrected chi connectivity index (χ3v) is 6.85. The zero-order valence-electron chi connectivity index (χ0n) is 16.6. The Bertz CT molecular complexity index is 1280. The maximum Gasteiger partial charge on any atom is 0.228 e. The van der Waals surface area contributed by atoms with Crippen LogP contribution in [0.1, 0.15) is 48.3 Å². The second-order valence-corrected chi connectivity index (χ2v) is 8.46. The summed E-state index contributed by atoms with van der Waals surface area (Å²) in [7, 11) is 2.13. The zero-order valence-corrected chi connectivity index (χ0v) is 16.6. The molecule has 2 aliphatic rings. The first kappa shape index (κ1) is 16.2. The Morgan fingerprint density at radius 1 is 1.04 bits per heavy atom. The third kappa shape index (κ3) is 2.02. The summed E-state index contributed by atoms with van der Waals surface area (Å²) in [6, 6.07) is 8.99. The smallest absolute Gasteiger partial charge is 0.228 e. The monoisotopic (exact) mass is 370 g/mol. The average Bonchev–Trinajstić information content (AvgIpc) is 3.40. The number of hydrogen-bond donors (Lipinski definition) is 0. The fourth-order valence-corrected chi connectivity index (χ4v) is 5.38. The number of aryl methyl sites for hydroxylation is 3. The Kier molecular flexibility index (Phi) is 3.24. The lowest BCUT2D eigenvalue weighted by Crippen LogP contribution is -2.32. The van der Waals surface area contributed by atoms with Crippen LogP contribution >= 0.6 is 0 Å². The van der Waals surface area contributed by atoms with Crippen LogP contribution in [0.25, 0.3) is 33.0 Å². The van der Waals surface area contributed by atoms with Crippen LogP contribution in [-0.4, -0.2) is 0 Å². The molecule has 0 N–H and O–H groups in total. The molecule has 0 unspecified atom stereocenters. The Morgan fingerprint density at radius 3 is 2.68 bits per heavy atom. The Labute approximate surface area is 164 Å². The summed E-state index contributed by atoms with van der Waals surface area (Å²) in [6.07, 6.45) is 9.22. The van der Waals surface area contributed by atoms with Gasteiger partial charge in [0.15, 0.2) is 6.20 Å². The molecule has 140 valence electrons. The van der Waals surface area contributed by atoms with E-state index in [-0.39, 0.29) is 0 Å². The molecule has 1 saturated carbocycles. The lowest BCUT2D eigenvalue weighted by Gasteiger charge is -2.24. The van der Waals surface area contributed by atoms with Gasteiger partial charge in [-0.15, -0.1) is 0 Å². The lowest BCUT2D eigenvalue weighted by molar-refractivity contribution is -0.659. The molecule has 28 heavy (non-hydrogen) atoms. The quantitative estimate of drug-likeness (QED) is 0.317. The summed E-state index contributed by atoms with van der Waals surface area (Å²) in [4.78, 5) is 0. The van der Waals surface area contributed by atoms with Crippen LogP contribution in [0.15, 0.2) is 41.1 Å². The van der Waals surface area contributed by atoms with Gasteiger partial charge in [-0.25, -0.2) is 4.57 Å². The first-order valence-electron chi connectivity index (χ1n) is 10.3. The summed E-state index contributed by atoms with van der Waals surface area (Å²) in [5.41, 5.74) is 7.10. The number of rotatable bonds is 1. The highest BCUT2D eigenvalue weighted by Crippen LogP contribution is 2.51. The number of nitrogens with zero attached hydrogens (tertiary/aromatic N) is 1. The molecule has 0 bridgehead atoms. The van der Waals surface area contributed by atoms with Gasteiger partial charge >= 0.3 is 0 Å². The molecule has 0 atom stereocenters. The summed E-state index contributed by atoms with van der Waals surface area (Å²) >= 11 is 0. The molecule has 3 heteroatoms. The molecule has 1 fully saturated rings. The predicted octanol–water partition coefficient (Wildman–Crippen LogP) is 6.46. The topological polar surface area (TPSA) is 26.2 Å². The summed E-state index contributed by atoms with van der Waals surface area (Å²) < 4.78 is 14.7. The Hall–Kier alpha value is -2.81. The van der Waals surface area contributed by atoms with Gasteiger partial charge in [-0.2, -0.15) is 0 Å². The summed E-state index contributed by atoms with van der Waals surface area (Å²) in [5, 5.41) is 3.68. The molecule has 0 amide bonds. The molecule has 0 spiro atoms. The molecular weight excluding hydrogens is 346 g/mol. The van der Waals surface area contributed by atoms with Crippen molar-refractivity contribution in [1.82, 2.24) is 0 Å². The number of aromatic nitrogens is 1. The molecule has 1 aliphatic heterocycles. The second-order valence-electron chi connectivity index (χ2n) is 8.46. The van der Waals surface area contributed by atoms with Crippen molar-refractivity contribution in [3.8, 4) is 22.8 Å². The van der Waals surface area contributed by atoms with Gasteiger partial charge in [-0.05, 0) is 61.3 Å². The van der Waals surface area contributed by atoms with Crippen molar-refractivity contribution in [1.29, 1.82) is 0 Å². The van der Waals surface area contributed by atoms with E-state index in [9.17, 15) is 0 Å². The van der Waals surface area contributed by atoms with Gasteiger partial charge < -0.3 is 9.15 Å². The molecule has 4 aromatic rings. The Balaban J connectivity index is 1.72. The maximum atomic E-state index is 6.62. The second kappa shape index (κ2) is 5.60. The van der Waals surface area contributed by atoms with Crippen LogP contribution in [-0.2, 0) is 7.05 Å². The number of pyridine rings is 1. The summed E-state index contributed by atoms with van der Waals surface area (Å²) in [5.74, 6) is 2.60. The van der Waals surface area contributed by atoms with Gasteiger partial charge in [0.1, 0.15) is 24.1 Å². The van der Waals surface area contributed by atoms with Gasteiger partial charge in [0.25, 0.3) is 0 Å². The molecule has 0 saturated heterocycles. The zero-order chi connectivity index (χ0) is 19.0. The van der Waals surface area contributed by atoms with Gasteiger partial charge in [0.2, 0.25) is 5.69 Å². The van der Waals surface area contributed by atoms with E-state index in [0.717, 1.165) is 22.6 Å². The highest BCUT2D eigenvalue weighted by molar-refractivity contribution is 6.05. The molecule has 2 aromatic carbocycles. The minimum absolute atomic E-state index is 0.665. The number of hydrogen-bond acceptors (Lipinski definition) is 2. The fourth-order valence-electron chi connectivity index (χ4n) is 5.38. The van der Waals surface area contributed by atoms with Crippen LogP contribution in [0.5, 0.6) is 11.5 Å². The van der Waals surface area contributed by atoms with Crippen molar-refractivity contribution in [2.75, 3.05) is 0 Å². The van der Waals surface area contributed by atoms with Crippen LogP contribution in [0, 0.1) is 13.8 Å². The fraction of sp³-hybridized carbons (Fsp3) is 0.320. The van der Waals surface area contributed by atoms with Gasteiger partial charge in [-0.1, -0.05) is 18.9 Å². The van der Waals surface area contributed by atoms with Crippen LogP contribution in [0.2, 0.25) is 0 Å². The van der Waals surface area contributed by atoms with E-state index >= 15 is 0 Å². The van der Waals surface area contributed by atoms with Crippen LogP contribution in [0.4, 0.5) is 0 Å². The molecule has 6 rings (SSSR count). The minimum atomic E-state index is 0.665. The standard InChI is InChI=1S/C25H24NO2/c1-14-19-9-11-27-24(19)15(2)25-21(14)23-22-17(8-10-26(23)3)12-18(13-20(22)28-25)16-6-4-5-7-16/h8-13,16H,4-7H2,1-3H3/q+1. The predicted molar refractivity (Wildman–Crippen MR) is 111 cm³/mol. The summed E-state index contributed by atoms with van der Waals surface area (Å²) in [6.45, 7) is 4.28. The van der Waals surface area contributed by atoms with Gasteiger partial charge in [0, 0.05) is 17.0 Å². The number of fused-ring (bicyclic) bond motifs is 3. The van der Waals surface area contributed by atoms with E-state index in [1.165, 1.54) is 64.2 Å². The minimum Gasteiger partial charge on any atom is -0.464 e. The number of benzene rings is 2. The van der Waals surface area contributed by atoms with E-state index < -0.39 is 0 Å². The molecular formula is C25H24NO2+. The van der Waals surface area contributed by atoms with Crippen molar-refractivity contribution < 1.29 is 13.7 Å². The van der Waals surface area contributed by atoms with Gasteiger partial charge in [-0.3, -0.25) is 0 Å². The van der Waals surface area contributed by atoms with Gasteiger partial charge in [0.05, 0.1) is 17.2 Å². The Morgan fingerprint density at radius 2 is 1.86 bits per heavy atom. The van der Waals surface area contributed by atoms with E-state index in [0.29, 0.717) is 5.92 Å². The van der Waals surface area contributed by atoms with Crippen molar-refractivity contribution >= 4 is 21.7 Å². The molecule has 3 nitrogen and oxygen atoms in total. The third-order valence-electron chi connectivity index (χ3n) is 6.85. The van der Waals surface area contributed by atoms with E-state index in [2.05, 4.69) is 55.9 Å². The SMILES string of the molecule is Cc1c2c(c(C)c3occc13)Oc1cc(C3CCCC3)cc3cc[n+](C)c-2c13. The van der Waals surface area contributed by atoms with Crippen molar-refractivity contribution in [2.24, 2.45) is 7.05 Å². The van der Waals surface area contributed by atoms with Crippen LogP contribution < -0.4 is 9.30 Å². The van der Waals surface area contributed by atoms with Crippen molar-refractivity contribution in [2.45, 2.75) is 45.4 Å². The average molecular weight is 370 g/mol. The van der Waals surface area contributed by atoms with Crippen molar-refractivity contribution in [3.05, 3.63) is 53.4 Å². The highest BCUT2D eigenvalue weighted by atomic mass is 16.5. The molecule has 3 heterocycles.